The maximum atomic E-state index is 2.28. The molecule has 0 bridgehead atoms. The van der Waals surface area contributed by atoms with Gasteiger partial charge in [-0.3, -0.25) is 0 Å². The fraction of sp³-hybridized carbons (Fsp3) is 0.692. The molecular weight excluding hydrogens is 468 g/mol. The van der Waals surface area contributed by atoms with Crippen LogP contribution >= 0.6 is 0 Å². The van der Waals surface area contributed by atoms with Crippen LogP contribution in [0.15, 0.2) is 60.7 Å². The highest BCUT2D eigenvalue weighted by atomic mass is 14.3. The minimum Gasteiger partial charge on any atom is -0.0683 e. The van der Waals surface area contributed by atoms with Crippen molar-refractivity contribution >= 4 is 0 Å². The van der Waals surface area contributed by atoms with Crippen molar-refractivity contribution in [2.24, 2.45) is 16.2 Å². The zero-order valence-electron chi connectivity index (χ0n) is 31.3. The van der Waals surface area contributed by atoms with Crippen molar-refractivity contribution in [3.05, 3.63) is 71.8 Å². The first-order valence-electron chi connectivity index (χ1n) is 15.3. The molecule has 232 valence electrons. The first-order valence-corrected chi connectivity index (χ1v) is 15.3. The highest BCUT2D eigenvalue weighted by molar-refractivity contribution is 5.37. The van der Waals surface area contributed by atoms with E-state index in [0.717, 1.165) is 0 Å². The van der Waals surface area contributed by atoms with Gasteiger partial charge in [0.15, 0.2) is 0 Å². The quantitative estimate of drug-likeness (QED) is 0.309. The molecule has 0 aliphatic heterocycles. The van der Waals surface area contributed by atoms with E-state index in [1.54, 1.807) is 0 Å². The number of hydrogen-bond acceptors (Lipinski definition) is 0. The Morgan fingerprint density at radius 1 is 0.282 bits per heavy atom. The average Bonchev–Trinajstić information content (AvgIpc) is 2.74. The lowest BCUT2D eigenvalue weighted by atomic mass is 9.75. The molecule has 2 aromatic carbocycles. The highest BCUT2D eigenvalue weighted by Crippen LogP contribution is 2.33. The van der Waals surface area contributed by atoms with Gasteiger partial charge in [-0.1, -0.05) is 213 Å². The second-order valence-electron chi connectivity index (χ2n) is 16.2. The zero-order chi connectivity index (χ0) is 32.7. The van der Waals surface area contributed by atoms with Crippen molar-refractivity contribution in [1.29, 1.82) is 0 Å². The van der Waals surface area contributed by atoms with E-state index in [-0.39, 0.29) is 10.8 Å². The van der Waals surface area contributed by atoms with Crippen LogP contribution in [0.2, 0.25) is 0 Å². The van der Waals surface area contributed by atoms with E-state index in [1.165, 1.54) is 11.1 Å². The van der Waals surface area contributed by atoms with Crippen molar-refractivity contribution < 1.29 is 0 Å². The van der Waals surface area contributed by atoms with E-state index in [4.69, 9.17) is 0 Å². The molecule has 0 fully saturated rings. The fourth-order valence-electron chi connectivity index (χ4n) is 2.18. The summed E-state index contributed by atoms with van der Waals surface area (Å²) < 4.78 is 0. The van der Waals surface area contributed by atoms with E-state index in [2.05, 4.69) is 149 Å². The Morgan fingerprint density at radius 3 is 0.513 bits per heavy atom. The van der Waals surface area contributed by atoms with Crippen LogP contribution < -0.4 is 0 Å². The molecule has 0 aromatic heterocycles. The monoisotopic (exact) mass is 545 g/mol. The van der Waals surface area contributed by atoms with Gasteiger partial charge in [-0.2, -0.15) is 0 Å². The van der Waals surface area contributed by atoms with Crippen LogP contribution in [0.5, 0.6) is 0 Å². The molecule has 0 aliphatic carbocycles. The molecule has 2 aromatic rings. The highest BCUT2D eigenvalue weighted by Gasteiger charge is 2.23. The summed E-state index contributed by atoms with van der Waals surface area (Å²) in [7, 11) is 0. The topological polar surface area (TPSA) is 0 Å². The third-order valence-corrected chi connectivity index (χ3v) is 3.21. The second kappa shape index (κ2) is 23.2. The molecule has 39 heavy (non-hydrogen) atoms. The Hall–Kier alpha value is -1.56. The van der Waals surface area contributed by atoms with Crippen LogP contribution in [0.4, 0.5) is 0 Å². The molecule has 2 rings (SSSR count). The Labute approximate surface area is 250 Å². The van der Waals surface area contributed by atoms with E-state index in [9.17, 15) is 0 Å². The number of hydrogen-bond donors (Lipinski definition) is 0. The standard InChI is InChI=1S/C14H22.C6H6.3C5H12.2C2H6/c1-13(2,3)11-9-7-8-10-12(11)14(4,5)6;1-2-4-6-5-3-1;3*1-5(2,3)4;2*1-2/h7-10H,1-6H3;1-6H;3*1-4H3;2*1-2H3. The lowest BCUT2D eigenvalue weighted by molar-refractivity contribution is 0.469. The predicted octanol–water partition coefficient (Wildman–Crippen LogP) is 14.2. The van der Waals surface area contributed by atoms with Gasteiger partial charge in [-0.05, 0) is 38.2 Å². The molecule has 0 amide bonds. The van der Waals surface area contributed by atoms with Crippen molar-refractivity contribution in [1.82, 2.24) is 0 Å². The van der Waals surface area contributed by atoms with E-state index in [0.29, 0.717) is 16.2 Å². The summed E-state index contributed by atoms with van der Waals surface area (Å²) >= 11 is 0. The molecule has 0 saturated heterocycles. The van der Waals surface area contributed by atoms with Crippen molar-refractivity contribution in [2.45, 2.75) is 163 Å². The molecule has 0 atom stereocenters. The Kier molecular flexibility index (Phi) is 28.1. The number of rotatable bonds is 0. The Morgan fingerprint density at radius 2 is 0.410 bits per heavy atom. The summed E-state index contributed by atoms with van der Waals surface area (Å²) in [5.74, 6) is 0. The Balaban J connectivity index is -0.000000130. The molecule has 0 saturated carbocycles. The lowest BCUT2D eigenvalue weighted by Gasteiger charge is -2.29. The average molecular weight is 545 g/mol. The molecule has 0 N–H and O–H groups in total. The van der Waals surface area contributed by atoms with Gasteiger partial charge in [0, 0.05) is 0 Å². The van der Waals surface area contributed by atoms with Crippen LogP contribution in [0.3, 0.4) is 0 Å². The first kappa shape index (κ1) is 47.2. The SMILES string of the molecule is CC.CC.CC(C)(C)C.CC(C)(C)C.CC(C)(C)C.CC(C)(C)c1ccccc1C(C)(C)C.c1ccccc1. The van der Waals surface area contributed by atoms with Gasteiger partial charge in [-0.15, -0.1) is 0 Å². The van der Waals surface area contributed by atoms with Crippen LogP contribution in [0.25, 0.3) is 0 Å². The summed E-state index contributed by atoms with van der Waals surface area (Å²) in [6.45, 7) is 47.9. The second-order valence-corrected chi connectivity index (χ2v) is 16.2. The van der Waals surface area contributed by atoms with Crippen molar-refractivity contribution in [3.8, 4) is 0 Å². The maximum Gasteiger partial charge on any atom is -0.0129 e. The van der Waals surface area contributed by atoms with Gasteiger partial charge in [0.25, 0.3) is 0 Å². The lowest BCUT2D eigenvalue weighted by Crippen LogP contribution is -2.21. The van der Waals surface area contributed by atoms with E-state index < -0.39 is 0 Å². The van der Waals surface area contributed by atoms with Crippen LogP contribution in [0, 0.1) is 16.2 Å². The smallest absolute Gasteiger partial charge is 0.0129 e. The number of benzene rings is 2. The van der Waals surface area contributed by atoms with Crippen LogP contribution in [-0.4, -0.2) is 0 Å². The Bertz CT molecular complexity index is 624. The third-order valence-electron chi connectivity index (χ3n) is 3.21. The normalized spacial score (nSPS) is 10.8. The van der Waals surface area contributed by atoms with Gasteiger partial charge in [0.1, 0.15) is 0 Å². The molecule has 0 radical (unpaired) electrons. The molecule has 0 heterocycles. The van der Waals surface area contributed by atoms with Gasteiger partial charge in [0.05, 0.1) is 0 Å². The van der Waals surface area contributed by atoms with Crippen LogP contribution in [0.1, 0.15) is 163 Å². The summed E-state index contributed by atoms with van der Waals surface area (Å²) in [6, 6.07) is 20.8. The molecule has 0 heteroatoms. The predicted molar refractivity (Wildman–Crippen MR) is 188 cm³/mol. The molecule has 0 spiro atoms. The largest absolute Gasteiger partial charge is 0.0683 e. The minimum atomic E-state index is 0.240. The van der Waals surface area contributed by atoms with E-state index in [1.807, 2.05) is 64.1 Å². The molecular formula is C39H76. The van der Waals surface area contributed by atoms with Gasteiger partial charge in [0.2, 0.25) is 0 Å². The first-order chi connectivity index (χ1) is 17.2. The summed E-state index contributed by atoms with van der Waals surface area (Å²) in [5, 5.41) is 0. The molecule has 0 nitrogen and oxygen atoms in total. The fourth-order valence-corrected chi connectivity index (χ4v) is 2.18. The van der Waals surface area contributed by atoms with Gasteiger partial charge in [-0.25, -0.2) is 0 Å². The minimum absolute atomic E-state index is 0.240. The zero-order valence-corrected chi connectivity index (χ0v) is 31.3. The molecule has 0 unspecified atom stereocenters. The van der Waals surface area contributed by atoms with Gasteiger partial charge >= 0.3 is 0 Å². The summed E-state index contributed by atoms with van der Waals surface area (Å²) in [6.07, 6.45) is 0. The van der Waals surface area contributed by atoms with Crippen LogP contribution in [-0.2, 0) is 10.8 Å². The van der Waals surface area contributed by atoms with E-state index >= 15 is 0 Å². The molecule has 0 aliphatic rings. The summed E-state index contributed by atoms with van der Waals surface area (Å²) in [5.41, 5.74) is 4.91. The van der Waals surface area contributed by atoms with Gasteiger partial charge < -0.3 is 0 Å². The van der Waals surface area contributed by atoms with Crippen molar-refractivity contribution in [3.63, 3.8) is 0 Å². The maximum absolute atomic E-state index is 2.28. The summed E-state index contributed by atoms with van der Waals surface area (Å²) in [4.78, 5) is 0. The van der Waals surface area contributed by atoms with Crippen molar-refractivity contribution in [2.75, 3.05) is 0 Å². The third kappa shape index (κ3) is 57.4.